The molecule has 7 heteroatoms. The van der Waals surface area contributed by atoms with Gasteiger partial charge in [-0.3, -0.25) is 9.80 Å². The van der Waals surface area contributed by atoms with Gasteiger partial charge in [-0.25, -0.2) is 5.53 Å². The third-order valence-corrected chi connectivity index (χ3v) is 2.37. The lowest BCUT2D eigenvalue weighted by atomic mass is 10.1. The number of hydrogen-bond donors (Lipinski definition) is 3. The van der Waals surface area contributed by atoms with Crippen molar-refractivity contribution in [2.45, 2.75) is 0 Å². The Labute approximate surface area is 98.4 Å². The average Bonchev–Trinajstić information content (AvgIpc) is 2.76. The molecule has 0 aliphatic carbocycles. The maximum atomic E-state index is 10.4. The Morgan fingerprint density at radius 2 is 2.35 bits per heavy atom. The third kappa shape index (κ3) is 2.13. The molecular weight excluding hydrogens is 222 g/mol. The quantitative estimate of drug-likeness (QED) is 0.634. The highest BCUT2D eigenvalue weighted by Crippen LogP contribution is 2.25. The number of hydrazone groups is 1. The number of hydrogen-bond acceptors (Lipinski definition) is 6. The van der Waals surface area contributed by atoms with Crippen LogP contribution in [0.4, 0.5) is 5.69 Å². The van der Waals surface area contributed by atoms with Crippen LogP contribution in [-0.4, -0.2) is 31.4 Å². The van der Waals surface area contributed by atoms with Crippen LogP contribution >= 0.6 is 0 Å². The van der Waals surface area contributed by atoms with Crippen LogP contribution < -0.4 is 21.1 Å². The molecule has 0 aromatic heterocycles. The number of amidine groups is 1. The van der Waals surface area contributed by atoms with Crippen LogP contribution in [0.5, 0.6) is 5.75 Å². The zero-order valence-corrected chi connectivity index (χ0v) is 9.52. The molecule has 1 aromatic carbocycles. The molecule has 1 amide bonds. The van der Waals surface area contributed by atoms with E-state index in [0.717, 1.165) is 11.4 Å². The van der Waals surface area contributed by atoms with Crippen molar-refractivity contribution in [1.29, 1.82) is 0 Å². The fraction of sp³-hybridized carbons (Fsp3) is 0.200. The fourth-order valence-electron chi connectivity index (χ4n) is 1.55. The molecule has 0 spiro atoms. The summed E-state index contributed by atoms with van der Waals surface area (Å²) in [6, 6.07) is 5.41. The predicted molar refractivity (Wildman–Crippen MR) is 63.3 cm³/mol. The molecular formula is C10H13N5O2. The largest absolute Gasteiger partial charge is 0.495 e. The van der Waals surface area contributed by atoms with Crippen molar-refractivity contribution in [2.24, 2.45) is 5.10 Å². The molecule has 1 aliphatic rings. The summed E-state index contributed by atoms with van der Waals surface area (Å²) in [7, 11) is 3.38. The van der Waals surface area contributed by atoms with E-state index < -0.39 is 0 Å². The normalized spacial score (nSPS) is 14.0. The van der Waals surface area contributed by atoms with Gasteiger partial charge >= 0.3 is 0 Å². The minimum absolute atomic E-state index is 0.581. The summed E-state index contributed by atoms with van der Waals surface area (Å²) in [6.45, 7) is 0. The first kappa shape index (κ1) is 11.2. The summed E-state index contributed by atoms with van der Waals surface area (Å²) in [5, 5.41) is 8.38. The van der Waals surface area contributed by atoms with E-state index in [2.05, 4.69) is 21.5 Å². The summed E-state index contributed by atoms with van der Waals surface area (Å²) < 4.78 is 5.20. The molecule has 17 heavy (non-hydrogen) atoms. The molecule has 0 saturated carbocycles. The summed E-state index contributed by atoms with van der Waals surface area (Å²) in [5.41, 5.74) is 6.95. The Hall–Kier alpha value is -2.28. The molecule has 3 N–H and O–H groups in total. The molecule has 0 radical (unpaired) electrons. The van der Waals surface area contributed by atoms with Gasteiger partial charge < -0.3 is 10.1 Å². The van der Waals surface area contributed by atoms with Crippen LogP contribution in [-0.2, 0) is 4.79 Å². The van der Waals surface area contributed by atoms with E-state index in [1.807, 2.05) is 13.1 Å². The highest BCUT2D eigenvalue weighted by molar-refractivity contribution is 5.99. The Bertz CT molecular complexity index is 460. The monoisotopic (exact) mass is 235 g/mol. The first-order valence-electron chi connectivity index (χ1n) is 4.97. The van der Waals surface area contributed by atoms with Crippen LogP contribution in [0.3, 0.4) is 0 Å². The Balaban J connectivity index is 2.34. The second-order valence-electron chi connectivity index (χ2n) is 3.40. The van der Waals surface area contributed by atoms with E-state index in [-0.39, 0.29) is 0 Å². The zero-order chi connectivity index (χ0) is 12.3. The van der Waals surface area contributed by atoms with Crippen LogP contribution in [0, 0.1) is 0 Å². The van der Waals surface area contributed by atoms with Crippen molar-refractivity contribution >= 4 is 17.9 Å². The molecule has 90 valence electrons. The van der Waals surface area contributed by atoms with Gasteiger partial charge in [0, 0.05) is 12.6 Å². The topological polar surface area (TPSA) is 78.0 Å². The number of ether oxygens (including phenoxy) is 1. The van der Waals surface area contributed by atoms with Gasteiger partial charge in [-0.05, 0) is 18.2 Å². The SMILES string of the molecule is COc1cc(C2=NNNN2C)ccc1NC=O. The van der Waals surface area contributed by atoms with E-state index in [1.165, 1.54) is 0 Å². The molecule has 2 rings (SSSR count). The molecule has 7 nitrogen and oxygen atoms in total. The molecule has 0 saturated heterocycles. The van der Waals surface area contributed by atoms with Gasteiger partial charge in [-0.15, -0.1) is 10.6 Å². The van der Waals surface area contributed by atoms with E-state index >= 15 is 0 Å². The maximum absolute atomic E-state index is 10.4. The van der Waals surface area contributed by atoms with Gasteiger partial charge in [0.05, 0.1) is 12.8 Å². The number of anilines is 1. The van der Waals surface area contributed by atoms with Crippen LogP contribution in [0.2, 0.25) is 0 Å². The number of nitrogens with zero attached hydrogens (tertiary/aromatic N) is 2. The molecule has 1 aromatic rings. The zero-order valence-electron chi connectivity index (χ0n) is 9.52. The summed E-state index contributed by atoms with van der Waals surface area (Å²) in [6.07, 6.45) is 0.611. The molecule has 0 unspecified atom stereocenters. The Morgan fingerprint density at radius 3 is 2.94 bits per heavy atom. The van der Waals surface area contributed by atoms with Crippen molar-refractivity contribution < 1.29 is 9.53 Å². The van der Waals surface area contributed by atoms with Crippen molar-refractivity contribution in [1.82, 2.24) is 16.1 Å². The molecule has 1 heterocycles. The van der Waals surface area contributed by atoms with Gasteiger partial charge in [0.2, 0.25) is 6.41 Å². The van der Waals surface area contributed by atoms with Crippen LogP contribution in [0.25, 0.3) is 0 Å². The lowest BCUT2D eigenvalue weighted by molar-refractivity contribution is -0.105. The van der Waals surface area contributed by atoms with E-state index in [0.29, 0.717) is 17.8 Å². The second kappa shape index (κ2) is 4.71. The summed E-state index contributed by atoms with van der Waals surface area (Å²) >= 11 is 0. The molecule has 0 atom stereocenters. The van der Waals surface area contributed by atoms with Crippen molar-refractivity contribution in [3.8, 4) is 5.75 Å². The summed E-state index contributed by atoms with van der Waals surface area (Å²) in [4.78, 5) is 10.4. The number of benzene rings is 1. The van der Waals surface area contributed by atoms with Gasteiger partial charge in [0.25, 0.3) is 0 Å². The van der Waals surface area contributed by atoms with Crippen molar-refractivity contribution in [3.63, 3.8) is 0 Å². The van der Waals surface area contributed by atoms with Crippen LogP contribution in [0.1, 0.15) is 5.56 Å². The predicted octanol–water partition coefficient (Wildman–Crippen LogP) is -0.120. The van der Waals surface area contributed by atoms with Crippen molar-refractivity contribution in [2.75, 3.05) is 19.5 Å². The minimum atomic E-state index is 0.581. The Morgan fingerprint density at radius 1 is 1.53 bits per heavy atom. The Kier molecular flexibility index (Phi) is 3.10. The van der Waals surface area contributed by atoms with E-state index in [9.17, 15) is 4.79 Å². The molecule has 0 fully saturated rings. The van der Waals surface area contributed by atoms with E-state index in [1.54, 1.807) is 24.3 Å². The van der Waals surface area contributed by atoms with Gasteiger partial charge in [-0.2, -0.15) is 0 Å². The number of amides is 1. The number of nitrogens with one attached hydrogen (secondary N) is 3. The van der Waals surface area contributed by atoms with Crippen molar-refractivity contribution in [3.05, 3.63) is 23.8 Å². The van der Waals surface area contributed by atoms with E-state index in [4.69, 9.17) is 4.74 Å². The maximum Gasteiger partial charge on any atom is 0.211 e. The van der Waals surface area contributed by atoms with Gasteiger partial charge in [0.15, 0.2) is 5.84 Å². The standard InChI is InChI=1S/C10H13N5O2/c1-15-10(12-13-14-15)7-3-4-8(11-6-16)9(5-7)17-2/h3-6,13-14H,1-2H3,(H,11,16). The second-order valence-corrected chi connectivity index (χ2v) is 3.40. The third-order valence-electron chi connectivity index (χ3n) is 2.37. The highest BCUT2D eigenvalue weighted by atomic mass is 16.5. The average molecular weight is 235 g/mol. The highest BCUT2D eigenvalue weighted by Gasteiger charge is 2.16. The molecule has 1 aliphatic heterocycles. The first-order chi connectivity index (χ1) is 8.26. The number of rotatable bonds is 4. The van der Waals surface area contributed by atoms with Gasteiger partial charge in [-0.1, -0.05) is 0 Å². The number of carbonyl (C=O) groups excluding carboxylic acids is 1. The number of carbonyl (C=O) groups is 1. The van der Waals surface area contributed by atoms with Gasteiger partial charge in [0.1, 0.15) is 5.75 Å². The van der Waals surface area contributed by atoms with Crippen LogP contribution in [0.15, 0.2) is 23.3 Å². The fourth-order valence-corrected chi connectivity index (χ4v) is 1.55. The molecule has 0 bridgehead atoms. The minimum Gasteiger partial charge on any atom is -0.495 e. The lowest BCUT2D eigenvalue weighted by Crippen LogP contribution is -2.37. The summed E-state index contributed by atoms with van der Waals surface area (Å²) in [5.74, 6) is 1.32. The smallest absolute Gasteiger partial charge is 0.211 e. The number of methoxy groups -OCH3 is 1. The lowest BCUT2D eigenvalue weighted by Gasteiger charge is -2.14. The first-order valence-corrected chi connectivity index (χ1v) is 4.97. The number of hydrazine groups is 2.